The number of likely N-dealkylation sites (tertiary alicyclic amines) is 1. The molecule has 206 valence electrons. The molecule has 3 aromatic heterocycles. The lowest BCUT2D eigenvalue weighted by molar-refractivity contribution is -0.129. The summed E-state index contributed by atoms with van der Waals surface area (Å²) in [6.45, 7) is 2.25. The van der Waals surface area contributed by atoms with E-state index in [-0.39, 0.29) is 42.4 Å². The van der Waals surface area contributed by atoms with Crippen molar-refractivity contribution in [3.8, 4) is 10.8 Å². The Bertz CT molecular complexity index is 1650. The number of benzene rings is 1. The maximum Gasteiger partial charge on any atom is 0.332 e. The molecule has 4 heterocycles. The van der Waals surface area contributed by atoms with Crippen molar-refractivity contribution in [2.24, 2.45) is 0 Å². The van der Waals surface area contributed by atoms with Crippen molar-refractivity contribution >= 4 is 27.5 Å². The fourth-order valence-corrected chi connectivity index (χ4v) is 6.03. The number of halogens is 1. The van der Waals surface area contributed by atoms with Gasteiger partial charge in [0.05, 0.1) is 37.5 Å². The molecule has 12 nitrogen and oxygen atoms in total. The van der Waals surface area contributed by atoms with Gasteiger partial charge in [0.2, 0.25) is 5.91 Å². The molecule has 0 saturated carbocycles. The summed E-state index contributed by atoms with van der Waals surface area (Å²) in [7, 11) is 3.12. The molecule has 39 heavy (non-hydrogen) atoms. The average molecular weight is 559 g/mol. The van der Waals surface area contributed by atoms with Crippen LogP contribution in [0.5, 0.6) is 5.75 Å². The molecule has 4 aromatic rings. The van der Waals surface area contributed by atoms with E-state index in [1.54, 1.807) is 14.0 Å². The number of amides is 1. The molecule has 0 spiro atoms. The number of carbonyl (C=O) groups is 1. The van der Waals surface area contributed by atoms with Gasteiger partial charge in [-0.15, -0.1) is 4.80 Å². The van der Waals surface area contributed by atoms with Crippen LogP contribution in [0.3, 0.4) is 0 Å². The highest BCUT2D eigenvalue weighted by Crippen LogP contribution is 2.34. The van der Waals surface area contributed by atoms with Gasteiger partial charge in [-0.05, 0) is 31.5 Å². The quantitative estimate of drug-likeness (QED) is 0.307. The van der Waals surface area contributed by atoms with Crippen LogP contribution in [-0.2, 0) is 20.8 Å². The third-order valence-corrected chi connectivity index (χ3v) is 8.10. The van der Waals surface area contributed by atoms with E-state index >= 15 is 0 Å². The summed E-state index contributed by atoms with van der Waals surface area (Å²) < 4.78 is 27.6. The van der Waals surface area contributed by atoms with Crippen LogP contribution >= 0.6 is 11.3 Å². The highest BCUT2D eigenvalue weighted by atomic mass is 32.1. The first-order valence-electron chi connectivity index (χ1n) is 12.2. The summed E-state index contributed by atoms with van der Waals surface area (Å²) in [5, 5.41) is 19.7. The minimum Gasteiger partial charge on any atom is -0.508 e. The Kier molecular flexibility index (Phi) is 7.34. The minimum absolute atomic E-state index is 0.0898. The topological polar surface area (TPSA) is 134 Å². The predicted molar refractivity (Wildman–Crippen MR) is 140 cm³/mol. The van der Waals surface area contributed by atoms with Gasteiger partial charge in [-0.25, -0.2) is 13.8 Å². The molecule has 14 heteroatoms. The molecule has 1 amide bonds. The number of methoxy groups -OCH3 is 1. The Morgan fingerprint density at radius 2 is 1.95 bits per heavy atom. The van der Waals surface area contributed by atoms with Gasteiger partial charge in [-0.1, -0.05) is 11.3 Å². The summed E-state index contributed by atoms with van der Waals surface area (Å²) in [4.78, 5) is 43.9. The van der Waals surface area contributed by atoms with Crippen LogP contribution in [0, 0.1) is 12.7 Å². The smallest absolute Gasteiger partial charge is 0.332 e. The monoisotopic (exact) mass is 558 g/mol. The molecule has 1 aromatic carbocycles. The number of aromatic nitrogens is 5. The van der Waals surface area contributed by atoms with E-state index in [1.165, 1.54) is 39.8 Å². The zero-order valence-corrected chi connectivity index (χ0v) is 22.4. The van der Waals surface area contributed by atoms with Crippen LogP contribution in [-0.4, -0.2) is 74.0 Å². The third-order valence-electron chi connectivity index (χ3n) is 6.82. The number of aromatic hydroxyl groups is 1. The number of fused-ring (bicyclic) bond motifs is 1. The Hall–Kier alpha value is -3.88. The van der Waals surface area contributed by atoms with E-state index in [0.717, 1.165) is 28.0 Å². The molecular weight excluding hydrogens is 531 g/mol. The van der Waals surface area contributed by atoms with Gasteiger partial charge in [0.1, 0.15) is 33.5 Å². The molecule has 0 bridgehead atoms. The van der Waals surface area contributed by atoms with Gasteiger partial charge in [0.25, 0.3) is 5.56 Å². The summed E-state index contributed by atoms with van der Waals surface area (Å²) >= 11 is 1.14. The first kappa shape index (κ1) is 26.7. The van der Waals surface area contributed by atoms with Gasteiger partial charge in [0.15, 0.2) is 0 Å². The van der Waals surface area contributed by atoms with E-state index in [2.05, 4.69) is 10.2 Å². The number of hydrogen-bond donors (Lipinski definition) is 1. The Morgan fingerprint density at radius 1 is 1.21 bits per heavy atom. The lowest BCUT2D eigenvalue weighted by Gasteiger charge is -2.22. The van der Waals surface area contributed by atoms with Gasteiger partial charge < -0.3 is 19.5 Å². The Labute approximate surface area is 225 Å². The molecule has 5 rings (SSSR count). The third kappa shape index (κ3) is 4.75. The number of aryl methyl sites for hydroxylation is 1. The van der Waals surface area contributed by atoms with Crippen LogP contribution in [0.4, 0.5) is 4.39 Å². The molecule has 2 atom stereocenters. The van der Waals surface area contributed by atoms with E-state index in [4.69, 9.17) is 9.47 Å². The molecule has 1 aliphatic rings. The van der Waals surface area contributed by atoms with Crippen LogP contribution in [0.1, 0.15) is 29.7 Å². The van der Waals surface area contributed by atoms with Crippen LogP contribution in [0.15, 0.2) is 40.2 Å². The van der Waals surface area contributed by atoms with Crippen molar-refractivity contribution in [2.75, 3.05) is 33.9 Å². The van der Waals surface area contributed by atoms with Crippen molar-refractivity contribution in [3.05, 3.63) is 68.4 Å². The number of carbonyl (C=O) groups excluding carboxylic acids is 1. The van der Waals surface area contributed by atoms with Crippen molar-refractivity contribution in [1.82, 2.24) is 29.0 Å². The van der Waals surface area contributed by atoms with E-state index in [0.29, 0.717) is 28.4 Å². The number of ether oxygens (including phenoxy) is 2. The number of hydrogen-bond acceptors (Lipinski definition) is 9. The van der Waals surface area contributed by atoms with E-state index in [1.807, 2.05) is 0 Å². The molecular formula is C25H27FN6O6S. The second kappa shape index (κ2) is 10.7. The fourth-order valence-electron chi connectivity index (χ4n) is 4.81. The summed E-state index contributed by atoms with van der Waals surface area (Å²) in [5.41, 5.74) is -0.623. The van der Waals surface area contributed by atoms with Gasteiger partial charge in [0, 0.05) is 31.8 Å². The largest absolute Gasteiger partial charge is 0.508 e. The van der Waals surface area contributed by atoms with Crippen LogP contribution in [0.2, 0.25) is 0 Å². The van der Waals surface area contributed by atoms with Crippen molar-refractivity contribution in [1.29, 1.82) is 0 Å². The van der Waals surface area contributed by atoms with Crippen LogP contribution < -0.4 is 11.2 Å². The number of phenolic OH excluding ortho intramolecular Hbond substituents is 1. The number of likely N-dealkylation sites (N-methyl/N-ethyl adjacent to an activating group) is 1. The second-order valence-electron chi connectivity index (χ2n) is 9.22. The highest BCUT2D eigenvalue weighted by Gasteiger charge is 2.35. The fraction of sp³-hybridized carbons (Fsp3) is 0.400. The molecule has 2 unspecified atom stereocenters. The lowest BCUT2D eigenvalue weighted by Crippen LogP contribution is -2.44. The van der Waals surface area contributed by atoms with E-state index in [9.17, 15) is 23.9 Å². The van der Waals surface area contributed by atoms with Gasteiger partial charge in [-0.3, -0.25) is 14.2 Å². The number of phenols is 1. The van der Waals surface area contributed by atoms with Gasteiger partial charge in [-0.2, -0.15) is 10.2 Å². The zero-order chi connectivity index (χ0) is 27.8. The number of nitrogens with zero attached hydrogens (tertiary/aromatic N) is 6. The number of rotatable bonds is 9. The minimum atomic E-state index is -0.988. The van der Waals surface area contributed by atoms with Crippen LogP contribution in [0.25, 0.3) is 15.2 Å². The maximum absolute atomic E-state index is 14.2. The summed E-state index contributed by atoms with van der Waals surface area (Å²) in [6, 6.07) is 2.50. The van der Waals surface area contributed by atoms with Crippen molar-refractivity contribution < 1.29 is 23.8 Å². The molecule has 1 saturated heterocycles. The highest BCUT2D eigenvalue weighted by molar-refractivity contribution is 7.21. The molecule has 1 aliphatic heterocycles. The normalized spacial score (nSPS) is 16.5. The van der Waals surface area contributed by atoms with Gasteiger partial charge >= 0.3 is 5.69 Å². The SMILES string of the molecule is COCCOC(Cn1c(=O)n(C2CCN(C)C2=O)c(=O)c2c(C)c(-n3nccn3)sc21)c1cc(F)ccc1O. The maximum atomic E-state index is 14.2. The van der Waals surface area contributed by atoms with E-state index < -0.39 is 29.2 Å². The standard InChI is InChI=1S/C25H27FN6O6S/c1-14-20-22(35)31(17-6-9-29(2)21(17)34)25(36)30(24(20)39-23(14)32-27-7-8-28-32)13-19(38-11-10-37-3)16-12-15(26)4-5-18(16)33/h4-5,7-8,12,17,19,33H,6,9-11,13H2,1-3H3. The molecule has 1 N–H and O–H groups in total. The lowest BCUT2D eigenvalue weighted by atomic mass is 10.1. The average Bonchev–Trinajstić information content (AvgIpc) is 3.63. The first-order valence-corrected chi connectivity index (χ1v) is 13.0. The number of thiophene rings is 1. The summed E-state index contributed by atoms with van der Waals surface area (Å²) in [6.07, 6.45) is 2.30. The Balaban J connectivity index is 1.74. The zero-order valence-electron chi connectivity index (χ0n) is 21.5. The van der Waals surface area contributed by atoms with Crippen molar-refractivity contribution in [3.63, 3.8) is 0 Å². The predicted octanol–water partition coefficient (Wildman–Crippen LogP) is 1.77. The molecule has 1 fully saturated rings. The Morgan fingerprint density at radius 3 is 2.62 bits per heavy atom. The van der Waals surface area contributed by atoms with Crippen molar-refractivity contribution in [2.45, 2.75) is 32.0 Å². The first-order chi connectivity index (χ1) is 18.7. The molecule has 0 radical (unpaired) electrons. The summed E-state index contributed by atoms with van der Waals surface area (Å²) in [5.74, 6) is -1.14. The second-order valence-corrected chi connectivity index (χ2v) is 10.2. The molecule has 0 aliphatic carbocycles.